The second-order valence-corrected chi connectivity index (χ2v) is 10.1. The minimum Gasteiger partial charge on any atom is -0.493 e. The fourth-order valence-corrected chi connectivity index (χ4v) is 6.10. The van der Waals surface area contributed by atoms with Gasteiger partial charge in [0.25, 0.3) is 0 Å². The summed E-state index contributed by atoms with van der Waals surface area (Å²) in [6.45, 7) is 1.50. The minimum atomic E-state index is 0.353. The van der Waals surface area contributed by atoms with Crippen LogP contribution in [0.25, 0.3) is 16.6 Å². The number of methoxy groups -OCH3 is 1. The SMILES string of the molecule is COc1cc(-c2c(C3CCOCC3)c(C3CCCC3)n3ncnc(N)c23)ccc1Oc1cccc(C#N)c1. The van der Waals surface area contributed by atoms with Gasteiger partial charge in [0.2, 0.25) is 0 Å². The normalized spacial score (nSPS) is 16.5. The number of nitrogen functional groups attached to an aromatic ring is 1. The molecule has 38 heavy (non-hydrogen) atoms. The first-order chi connectivity index (χ1) is 18.7. The maximum absolute atomic E-state index is 9.25. The Morgan fingerprint density at radius 1 is 1.03 bits per heavy atom. The van der Waals surface area contributed by atoms with Gasteiger partial charge in [-0.3, -0.25) is 0 Å². The van der Waals surface area contributed by atoms with Crippen molar-refractivity contribution in [1.82, 2.24) is 14.6 Å². The molecule has 0 amide bonds. The number of benzene rings is 2. The lowest BCUT2D eigenvalue weighted by atomic mass is 9.83. The van der Waals surface area contributed by atoms with E-state index in [1.54, 1.807) is 31.6 Å². The highest BCUT2D eigenvalue weighted by Crippen LogP contribution is 2.49. The Balaban J connectivity index is 1.52. The van der Waals surface area contributed by atoms with E-state index in [9.17, 15) is 5.26 Å². The molecular weight excluding hydrogens is 478 g/mol. The Morgan fingerprint density at radius 3 is 2.61 bits per heavy atom. The van der Waals surface area contributed by atoms with E-state index in [1.807, 2.05) is 18.2 Å². The third-order valence-electron chi connectivity index (χ3n) is 7.84. The van der Waals surface area contributed by atoms with E-state index in [0.717, 1.165) is 55.5 Å². The minimum absolute atomic E-state index is 0.353. The van der Waals surface area contributed by atoms with E-state index in [4.69, 9.17) is 25.0 Å². The van der Waals surface area contributed by atoms with Crippen LogP contribution < -0.4 is 15.2 Å². The van der Waals surface area contributed by atoms with Crippen molar-refractivity contribution >= 4 is 11.3 Å². The van der Waals surface area contributed by atoms with Crippen LogP contribution in [0.2, 0.25) is 0 Å². The van der Waals surface area contributed by atoms with Gasteiger partial charge in [-0.2, -0.15) is 10.4 Å². The number of hydrogen-bond acceptors (Lipinski definition) is 7. The molecule has 1 saturated carbocycles. The highest BCUT2D eigenvalue weighted by atomic mass is 16.5. The molecule has 8 heteroatoms. The third-order valence-corrected chi connectivity index (χ3v) is 7.84. The molecule has 2 fully saturated rings. The molecule has 0 unspecified atom stereocenters. The fraction of sp³-hybridized carbons (Fsp3) is 0.367. The molecule has 2 aliphatic rings. The van der Waals surface area contributed by atoms with Crippen molar-refractivity contribution in [2.75, 3.05) is 26.1 Å². The van der Waals surface area contributed by atoms with Crippen LogP contribution in [0.3, 0.4) is 0 Å². The Bertz CT molecular complexity index is 1510. The van der Waals surface area contributed by atoms with Crippen LogP contribution in [0.1, 0.15) is 67.2 Å². The molecule has 4 aromatic rings. The monoisotopic (exact) mass is 509 g/mol. The van der Waals surface area contributed by atoms with Crippen molar-refractivity contribution in [2.24, 2.45) is 0 Å². The van der Waals surface area contributed by atoms with Gasteiger partial charge in [-0.15, -0.1) is 0 Å². The Morgan fingerprint density at radius 2 is 1.84 bits per heavy atom. The molecule has 0 bridgehead atoms. The van der Waals surface area contributed by atoms with E-state index in [-0.39, 0.29) is 0 Å². The Hall–Kier alpha value is -4.09. The van der Waals surface area contributed by atoms with Gasteiger partial charge in [0.15, 0.2) is 17.3 Å². The standard InChI is InChI=1S/C30H31N5O3/c1-36-25-16-22(9-10-24(25)38-23-8-4-5-19(15-23)17-31)27-26(20-11-13-37-14-12-20)28(21-6-2-3-7-21)35-29(27)30(32)33-18-34-35/h4-5,8-10,15-16,18,20-21H,2-3,6-7,11-14H2,1H3,(H2,32,33,34). The molecule has 0 radical (unpaired) electrons. The molecular formula is C30H31N5O3. The number of rotatable bonds is 6. The van der Waals surface area contributed by atoms with E-state index in [0.29, 0.717) is 40.5 Å². The van der Waals surface area contributed by atoms with Crippen molar-refractivity contribution in [1.29, 1.82) is 5.26 Å². The van der Waals surface area contributed by atoms with Gasteiger partial charge in [0.1, 0.15) is 17.6 Å². The predicted octanol–water partition coefficient (Wildman–Crippen LogP) is 6.20. The number of fused-ring (bicyclic) bond motifs is 1. The number of ether oxygens (including phenoxy) is 3. The zero-order valence-electron chi connectivity index (χ0n) is 21.5. The molecule has 1 aliphatic carbocycles. The van der Waals surface area contributed by atoms with E-state index in [2.05, 4.69) is 21.6 Å². The highest BCUT2D eigenvalue weighted by molar-refractivity contribution is 5.92. The first kappa shape index (κ1) is 24.3. The van der Waals surface area contributed by atoms with Crippen molar-refractivity contribution < 1.29 is 14.2 Å². The average molecular weight is 510 g/mol. The van der Waals surface area contributed by atoms with Gasteiger partial charge in [0, 0.05) is 24.7 Å². The zero-order valence-corrected chi connectivity index (χ0v) is 21.5. The summed E-state index contributed by atoms with van der Waals surface area (Å²) in [6.07, 6.45) is 8.26. The molecule has 194 valence electrons. The molecule has 2 N–H and O–H groups in total. The van der Waals surface area contributed by atoms with Crippen molar-refractivity contribution in [2.45, 2.75) is 50.4 Å². The average Bonchev–Trinajstić information content (AvgIpc) is 3.61. The van der Waals surface area contributed by atoms with Crippen LogP contribution in [0.5, 0.6) is 17.2 Å². The quantitative estimate of drug-likeness (QED) is 0.329. The van der Waals surface area contributed by atoms with Crippen molar-refractivity contribution in [3.63, 3.8) is 0 Å². The predicted molar refractivity (Wildman–Crippen MR) is 145 cm³/mol. The summed E-state index contributed by atoms with van der Waals surface area (Å²) in [7, 11) is 1.64. The molecule has 1 saturated heterocycles. The molecule has 8 nitrogen and oxygen atoms in total. The number of hydrogen-bond donors (Lipinski definition) is 1. The highest BCUT2D eigenvalue weighted by Gasteiger charge is 2.34. The summed E-state index contributed by atoms with van der Waals surface area (Å²) < 4.78 is 19.7. The van der Waals surface area contributed by atoms with Crippen LogP contribution >= 0.6 is 0 Å². The lowest BCUT2D eigenvalue weighted by Crippen LogP contribution is -2.16. The largest absolute Gasteiger partial charge is 0.493 e. The first-order valence-corrected chi connectivity index (χ1v) is 13.3. The maximum atomic E-state index is 9.25. The molecule has 1 aliphatic heterocycles. The molecule has 6 rings (SSSR count). The van der Waals surface area contributed by atoms with Crippen LogP contribution in [0.15, 0.2) is 48.8 Å². The van der Waals surface area contributed by atoms with Crippen LogP contribution in [0, 0.1) is 11.3 Å². The van der Waals surface area contributed by atoms with E-state index < -0.39 is 0 Å². The van der Waals surface area contributed by atoms with E-state index >= 15 is 0 Å². The van der Waals surface area contributed by atoms with Crippen molar-refractivity contribution in [3.8, 4) is 34.4 Å². The molecule has 0 spiro atoms. The fourth-order valence-electron chi connectivity index (χ4n) is 6.10. The van der Waals surface area contributed by atoms with Crippen LogP contribution in [-0.4, -0.2) is 34.9 Å². The van der Waals surface area contributed by atoms with Gasteiger partial charge >= 0.3 is 0 Å². The second-order valence-electron chi connectivity index (χ2n) is 10.1. The second kappa shape index (κ2) is 10.3. The molecule has 2 aromatic carbocycles. The number of nitrogens with two attached hydrogens (primary N) is 1. The van der Waals surface area contributed by atoms with Gasteiger partial charge in [0.05, 0.1) is 24.4 Å². The summed E-state index contributed by atoms with van der Waals surface area (Å²) >= 11 is 0. The van der Waals surface area contributed by atoms with E-state index in [1.165, 1.54) is 24.1 Å². The lowest BCUT2D eigenvalue weighted by molar-refractivity contribution is 0.0852. The van der Waals surface area contributed by atoms with Gasteiger partial charge in [-0.05, 0) is 73.1 Å². The lowest BCUT2D eigenvalue weighted by Gasteiger charge is -2.26. The summed E-state index contributed by atoms with van der Waals surface area (Å²) in [5.74, 6) is 3.02. The number of aromatic nitrogens is 3. The summed E-state index contributed by atoms with van der Waals surface area (Å²) in [6, 6.07) is 15.2. The Kier molecular flexibility index (Phi) is 6.61. The van der Waals surface area contributed by atoms with Crippen LogP contribution in [0.4, 0.5) is 5.82 Å². The third kappa shape index (κ3) is 4.33. The summed E-state index contributed by atoms with van der Waals surface area (Å²) in [5.41, 5.74) is 12.6. The topological polar surface area (TPSA) is 108 Å². The smallest absolute Gasteiger partial charge is 0.169 e. The van der Waals surface area contributed by atoms with Crippen LogP contribution in [-0.2, 0) is 4.74 Å². The van der Waals surface area contributed by atoms with Gasteiger partial charge < -0.3 is 19.9 Å². The number of nitriles is 1. The zero-order chi connectivity index (χ0) is 26.1. The summed E-state index contributed by atoms with van der Waals surface area (Å²) in [5, 5.41) is 14.0. The summed E-state index contributed by atoms with van der Waals surface area (Å²) in [4.78, 5) is 4.39. The van der Waals surface area contributed by atoms with Gasteiger partial charge in [-0.1, -0.05) is 25.0 Å². The Labute approximate surface area is 222 Å². The molecule has 0 atom stereocenters. The number of anilines is 1. The number of nitrogens with zero attached hydrogens (tertiary/aromatic N) is 4. The molecule has 3 heterocycles. The maximum Gasteiger partial charge on any atom is 0.169 e. The van der Waals surface area contributed by atoms with Gasteiger partial charge in [-0.25, -0.2) is 9.50 Å². The molecule has 2 aromatic heterocycles. The van der Waals surface area contributed by atoms with Crippen molar-refractivity contribution in [3.05, 3.63) is 65.6 Å². The first-order valence-electron chi connectivity index (χ1n) is 13.3.